The van der Waals surface area contributed by atoms with Crippen LogP contribution in [0.4, 0.5) is 0 Å². The molecule has 1 aliphatic rings. The Labute approximate surface area is 204 Å². The molecule has 1 aliphatic heterocycles. The second-order valence-electron chi connectivity index (χ2n) is 8.41. The molecule has 0 atom stereocenters. The molecule has 0 radical (unpaired) electrons. The standard InChI is InChI=1S/C33H23O2/c1-3-11-24(12-4-1)27(21-26-19-20-34-31-17-9-7-15-29(26)31)22-28-23-33(25-13-5-2-6-14-25)35-32-18-10-8-16-30(28)32/h1-23H/q+1. The first-order valence-electron chi connectivity index (χ1n) is 11.7. The van der Waals surface area contributed by atoms with Gasteiger partial charge >= 0.3 is 11.8 Å². The highest BCUT2D eigenvalue weighted by molar-refractivity contribution is 6.01. The van der Waals surface area contributed by atoms with Crippen molar-refractivity contribution in [3.8, 4) is 5.75 Å². The summed E-state index contributed by atoms with van der Waals surface area (Å²) in [7, 11) is 0. The van der Waals surface area contributed by atoms with Crippen LogP contribution in [0, 0.1) is 0 Å². The number of hydrogen-bond donors (Lipinski definition) is 0. The minimum atomic E-state index is 0.840. The van der Waals surface area contributed by atoms with E-state index in [0.29, 0.717) is 0 Å². The molecule has 6 rings (SSSR count). The quantitative estimate of drug-likeness (QED) is 0.255. The molecule has 0 saturated heterocycles. The van der Waals surface area contributed by atoms with Crippen molar-refractivity contribution in [1.82, 2.24) is 0 Å². The molecular weight excluding hydrogens is 428 g/mol. The Balaban J connectivity index is 1.56. The van der Waals surface area contributed by atoms with E-state index >= 15 is 0 Å². The van der Waals surface area contributed by atoms with Gasteiger partial charge in [-0.1, -0.05) is 91.0 Å². The number of hydrogen-bond acceptors (Lipinski definition) is 1. The first kappa shape index (κ1) is 20.9. The normalized spacial score (nSPS) is 14.3. The predicted molar refractivity (Wildman–Crippen MR) is 144 cm³/mol. The third kappa shape index (κ3) is 4.30. The number of benzene rings is 4. The summed E-state index contributed by atoms with van der Waals surface area (Å²) in [5.74, 6) is 1.70. The van der Waals surface area contributed by atoms with E-state index in [4.69, 9.17) is 9.15 Å². The Morgan fingerprint density at radius 2 is 1.40 bits per heavy atom. The Kier molecular flexibility index (Phi) is 5.54. The van der Waals surface area contributed by atoms with Crippen LogP contribution in [0.2, 0.25) is 0 Å². The van der Waals surface area contributed by atoms with Gasteiger partial charge < -0.3 is 4.74 Å². The number of rotatable bonds is 4. The summed E-state index contributed by atoms with van der Waals surface area (Å²) in [4.78, 5) is 0. The molecule has 0 bridgehead atoms. The molecule has 1 aromatic heterocycles. The van der Waals surface area contributed by atoms with E-state index in [1.807, 2.05) is 60.7 Å². The zero-order valence-corrected chi connectivity index (χ0v) is 19.1. The maximum Gasteiger partial charge on any atom is 0.360 e. The number of ether oxygens (including phenoxy) is 1. The number of allylic oxidation sites excluding steroid dienone is 4. The summed E-state index contributed by atoms with van der Waals surface area (Å²) in [5, 5.41) is 1.08. The van der Waals surface area contributed by atoms with Crippen LogP contribution in [-0.4, -0.2) is 0 Å². The number of fused-ring (bicyclic) bond motifs is 2. The number of para-hydroxylation sites is 2. The lowest BCUT2D eigenvalue weighted by atomic mass is 9.94. The van der Waals surface area contributed by atoms with Gasteiger partial charge in [-0.2, -0.15) is 0 Å². The monoisotopic (exact) mass is 451 g/mol. The maximum absolute atomic E-state index is 6.30. The van der Waals surface area contributed by atoms with Crippen LogP contribution in [0.1, 0.15) is 22.3 Å². The van der Waals surface area contributed by atoms with Crippen molar-refractivity contribution >= 4 is 34.0 Å². The summed E-state index contributed by atoms with van der Waals surface area (Å²) in [6.45, 7) is 0. The molecule has 2 nitrogen and oxygen atoms in total. The van der Waals surface area contributed by atoms with Gasteiger partial charge in [-0.3, -0.25) is 0 Å². The van der Waals surface area contributed by atoms with Crippen molar-refractivity contribution < 1.29 is 9.15 Å². The maximum atomic E-state index is 6.30. The molecule has 0 amide bonds. The fourth-order valence-corrected chi connectivity index (χ4v) is 4.40. The summed E-state index contributed by atoms with van der Waals surface area (Å²) < 4.78 is 12.0. The third-order valence-electron chi connectivity index (χ3n) is 6.13. The Morgan fingerprint density at radius 3 is 2.26 bits per heavy atom. The van der Waals surface area contributed by atoms with E-state index in [1.54, 1.807) is 6.26 Å². The van der Waals surface area contributed by atoms with E-state index in [9.17, 15) is 0 Å². The molecule has 0 unspecified atom stereocenters. The zero-order chi connectivity index (χ0) is 23.5. The van der Waals surface area contributed by atoms with E-state index in [-0.39, 0.29) is 0 Å². The van der Waals surface area contributed by atoms with Gasteiger partial charge in [0.2, 0.25) is 0 Å². The minimum absolute atomic E-state index is 0.840. The van der Waals surface area contributed by atoms with Gasteiger partial charge in [-0.05, 0) is 47.1 Å². The molecule has 35 heavy (non-hydrogen) atoms. The largest absolute Gasteiger partial charge is 0.456 e. The van der Waals surface area contributed by atoms with Crippen LogP contribution < -0.4 is 4.74 Å². The lowest BCUT2D eigenvalue weighted by Gasteiger charge is -2.21. The fraction of sp³-hybridized carbons (Fsp3) is 0. The van der Waals surface area contributed by atoms with E-state index in [0.717, 1.165) is 55.9 Å². The third-order valence-corrected chi connectivity index (χ3v) is 6.13. The van der Waals surface area contributed by atoms with E-state index in [2.05, 4.69) is 72.8 Å². The first-order valence-corrected chi connectivity index (χ1v) is 11.7. The summed E-state index contributed by atoms with van der Waals surface area (Å²) in [6.07, 6.45) is 8.36. The van der Waals surface area contributed by atoms with Crippen LogP contribution in [0.5, 0.6) is 5.75 Å². The van der Waals surface area contributed by atoms with Crippen molar-refractivity contribution in [2.75, 3.05) is 0 Å². The second-order valence-corrected chi connectivity index (χ2v) is 8.41. The molecule has 5 aromatic rings. The van der Waals surface area contributed by atoms with Crippen LogP contribution in [-0.2, 0) is 0 Å². The minimum Gasteiger partial charge on any atom is -0.456 e. The highest BCUT2D eigenvalue weighted by atomic mass is 16.5. The van der Waals surface area contributed by atoms with Gasteiger partial charge in [-0.25, -0.2) is 4.42 Å². The van der Waals surface area contributed by atoms with Crippen LogP contribution in [0.25, 0.3) is 34.0 Å². The molecule has 166 valence electrons. The molecule has 2 heterocycles. The molecular formula is C33H23O2+. The lowest BCUT2D eigenvalue weighted by molar-refractivity contribution is 0.509. The fourth-order valence-electron chi connectivity index (χ4n) is 4.40. The predicted octanol–water partition coefficient (Wildman–Crippen LogP) is 8.77. The lowest BCUT2D eigenvalue weighted by Crippen LogP contribution is -2.03. The van der Waals surface area contributed by atoms with Gasteiger partial charge in [0.25, 0.3) is 0 Å². The van der Waals surface area contributed by atoms with E-state index in [1.165, 1.54) is 0 Å². The second kappa shape index (κ2) is 9.28. The molecule has 2 heteroatoms. The average Bonchev–Trinajstić information content (AvgIpc) is 2.94. The smallest absolute Gasteiger partial charge is 0.360 e. The SMILES string of the molecule is C(=C(C=C1C=C(c2ccccc2)Oc2ccccc21)c1ccccc1)c1cc[o+]c2ccccc12. The van der Waals surface area contributed by atoms with Crippen molar-refractivity contribution in [2.45, 2.75) is 0 Å². The molecule has 0 fully saturated rings. The van der Waals surface area contributed by atoms with Crippen LogP contribution in [0.15, 0.2) is 138 Å². The summed E-state index contributed by atoms with van der Waals surface area (Å²) >= 11 is 0. The van der Waals surface area contributed by atoms with Gasteiger partial charge in [-0.15, -0.1) is 0 Å². The van der Waals surface area contributed by atoms with Crippen molar-refractivity contribution in [3.05, 3.63) is 156 Å². The van der Waals surface area contributed by atoms with Crippen molar-refractivity contribution in [1.29, 1.82) is 0 Å². The highest BCUT2D eigenvalue weighted by Gasteiger charge is 2.18. The van der Waals surface area contributed by atoms with Gasteiger partial charge in [0.15, 0.2) is 0 Å². The molecule has 4 aromatic carbocycles. The zero-order valence-electron chi connectivity index (χ0n) is 19.1. The topological polar surface area (TPSA) is 20.5 Å². The Hall–Kier alpha value is -4.69. The summed E-state index contributed by atoms with van der Waals surface area (Å²) in [5.41, 5.74) is 7.45. The van der Waals surface area contributed by atoms with Gasteiger partial charge in [0, 0.05) is 28.8 Å². The Morgan fingerprint density at radius 1 is 0.686 bits per heavy atom. The first-order chi connectivity index (χ1) is 17.3. The van der Waals surface area contributed by atoms with E-state index < -0.39 is 0 Å². The van der Waals surface area contributed by atoms with Gasteiger partial charge in [0.1, 0.15) is 11.5 Å². The van der Waals surface area contributed by atoms with Crippen LogP contribution in [0.3, 0.4) is 0 Å². The summed E-state index contributed by atoms with van der Waals surface area (Å²) in [6, 6.07) is 39.1. The molecule has 0 N–H and O–H groups in total. The van der Waals surface area contributed by atoms with Gasteiger partial charge in [0.05, 0.1) is 5.39 Å². The van der Waals surface area contributed by atoms with Crippen LogP contribution >= 0.6 is 0 Å². The average molecular weight is 452 g/mol. The molecule has 0 spiro atoms. The Bertz CT molecular complexity index is 1590. The molecule has 0 saturated carbocycles. The van der Waals surface area contributed by atoms with Crippen molar-refractivity contribution in [3.63, 3.8) is 0 Å². The highest BCUT2D eigenvalue weighted by Crippen LogP contribution is 2.38. The molecule has 0 aliphatic carbocycles. The van der Waals surface area contributed by atoms with Crippen molar-refractivity contribution in [2.24, 2.45) is 0 Å².